The number of nitrogens with one attached hydrogen (secondary N) is 1. The first kappa shape index (κ1) is 9.15. The summed E-state index contributed by atoms with van der Waals surface area (Å²) >= 11 is 1.55. The van der Waals surface area contributed by atoms with Gasteiger partial charge in [0.05, 0.1) is 5.56 Å². The molecule has 3 nitrogen and oxygen atoms in total. The maximum atomic E-state index is 10.9. The number of thioether (sulfide) groups is 1. The van der Waals surface area contributed by atoms with Crippen LogP contribution in [0.15, 0.2) is 29.3 Å². The van der Waals surface area contributed by atoms with Crippen molar-refractivity contribution in [1.29, 1.82) is 0 Å². The van der Waals surface area contributed by atoms with E-state index in [4.69, 9.17) is 5.11 Å². The fraction of sp³-hybridized carbons (Fsp3) is 0.100. The molecule has 0 saturated carbocycles. The van der Waals surface area contributed by atoms with E-state index in [1.807, 2.05) is 24.5 Å². The zero-order valence-electron chi connectivity index (χ0n) is 7.57. The van der Waals surface area contributed by atoms with Gasteiger partial charge in [0.15, 0.2) is 0 Å². The molecule has 0 unspecified atom stereocenters. The molecule has 1 heterocycles. The van der Waals surface area contributed by atoms with E-state index < -0.39 is 5.97 Å². The van der Waals surface area contributed by atoms with Gasteiger partial charge < -0.3 is 10.1 Å². The van der Waals surface area contributed by atoms with Crippen LogP contribution in [0, 0.1) is 0 Å². The minimum atomic E-state index is -0.891. The molecule has 0 aliphatic rings. The Labute approximate surface area is 85.1 Å². The highest BCUT2D eigenvalue weighted by Gasteiger charge is 2.12. The van der Waals surface area contributed by atoms with E-state index in [1.165, 1.54) is 6.20 Å². The van der Waals surface area contributed by atoms with Crippen molar-refractivity contribution in [3.05, 3.63) is 30.0 Å². The molecule has 0 spiro atoms. The van der Waals surface area contributed by atoms with Gasteiger partial charge in [-0.25, -0.2) is 4.79 Å². The van der Waals surface area contributed by atoms with E-state index in [1.54, 1.807) is 11.8 Å². The largest absolute Gasteiger partial charge is 0.478 e. The van der Waals surface area contributed by atoms with Crippen molar-refractivity contribution in [2.24, 2.45) is 0 Å². The molecule has 0 atom stereocenters. The smallest absolute Gasteiger partial charge is 0.337 e. The van der Waals surface area contributed by atoms with Gasteiger partial charge in [0.2, 0.25) is 0 Å². The van der Waals surface area contributed by atoms with Crippen LogP contribution in [0.3, 0.4) is 0 Å². The Morgan fingerprint density at radius 2 is 2.29 bits per heavy atom. The lowest BCUT2D eigenvalue weighted by Gasteiger charge is -1.99. The molecule has 1 aromatic heterocycles. The molecule has 1 aromatic carbocycles. The zero-order chi connectivity index (χ0) is 10.1. The maximum absolute atomic E-state index is 10.9. The summed E-state index contributed by atoms with van der Waals surface area (Å²) in [6, 6.07) is 5.71. The fourth-order valence-electron chi connectivity index (χ4n) is 1.49. The van der Waals surface area contributed by atoms with Crippen molar-refractivity contribution >= 4 is 28.6 Å². The van der Waals surface area contributed by atoms with E-state index in [-0.39, 0.29) is 0 Å². The average Bonchev–Trinajstić information content (AvgIpc) is 2.60. The lowest BCUT2D eigenvalue weighted by molar-refractivity contribution is 0.0699. The second kappa shape index (κ2) is 3.38. The van der Waals surface area contributed by atoms with Crippen LogP contribution in [0.2, 0.25) is 0 Å². The van der Waals surface area contributed by atoms with Gasteiger partial charge in [-0.05, 0) is 18.4 Å². The molecule has 72 valence electrons. The summed E-state index contributed by atoms with van der Waals surface area (Å²) in [5, 5.41) is 9.76. The van der Waals surface area contributed by atoms with E-state index in [9.17, 15) is 4.79 Å². The van der Waals surface area contributed by atoms with Gasteiger partial charge >= 0.3 is 5.97 Å². The number of benzene rings is 1. The highest BCUT2D eigenvalue weighted by atomic mass is 32.2. The number of aromatic nitrogens is 1. The molecule has 0 saturated heterocycles. The quantitative estimate of drug-likeness (QED) is 0.744. The molecule has 0 aliphatic heterocycles. The van der Waals surface area contributed by atoms with Crippen molar-refractivity contribution in [1.82, 2.24) is 4.98 Å². The summed E-state index contributed by atoms with van der Waals surface area (Å²) in [7, 11) is 0. The van der Waals surface area contributed by atoms with Gasteiger partial charge in [0.1, 0.15) is 0 Å². The molecular formula is C10H9NO2S. The molecular weight excluding hydrogens is 198 g/mol. The predicted octanol–water partition coefficient (Wildman–Crippen LogP) is 2.59. The second-order valence-electron chi connectivity index (χ2n) is 2.89. The van der Waals surface area contributed by atoms with Crippen LogP contribution in [-0.4, -0.2) is 22.3 Å². The lowest BCUT2D eigenvalue weighted by Crippen LogP contribution is -1.94. The monoisotopic (exact) mass is 207 g/mol. The Balaban J connectivity index is 2.81. The minimum absolute atomic E-state index is 0.338. The average molecular weight is 207 g/mol. The summed E-state index contributed by atoms with van der Waals surface area (Å²) in [5.41, 5.74) is 1.21. The Kier molecular flexibility index (Phi) is 2.21. The third-order valence-corrected chi connectivity index (χ3v) is 2.90. The number of aromatic amines is 1. The van der Waals surface area contributed by atoms with Crippen molar-refractivity contribution < 1.29 is 9.90 Å². The standard InChI is InChI=1S/C10H9NO2S/c1-14-8-4-2-3-7-9(8)6(5-11-7)10(12)13/h2-5,11H,1H3,(H,12,13). The highest BCUT2D eigenvalue weighted by Crippen LogP contribution is 2.28. The van der Waals surface area contributed by atoms with E-state index in [0.29, 0.717) is 5.56 Å². The number of hydrogen-bond donors (Lipinski definition) is 2. The topological polar surface area (TPSA) is 53.1 Å². The molecule has 0 radical (unpaired) electrons. The molecule has 2 aromatic rings. The van der Waals surface area contributed by atoms with Crippen molar-refractivity contribution in [3.63, 3.8) is 0 Å². The van der Waals surface area contributed by atoms with Gasteiger partial charge in [-0.15, -0.1) is 11.8 Å². The summed E-state index contributed by atoms with van der Waals surface area (Å²) in [4.78, 5) is 14.9. The second-order valence-corrected chi connectivity index (χ2v) is 3.74. The zero-order valence-corrected chi connectivity index (χ0v) is 8.39. The highest BCUT2D eigenvalue weighted by molar-refractivity contribution is 7.98. The summed E-state index contributed by atoms with van der Waals surface area (Å²) in [6.45, 7) is 0. The molecule has 14 heavy (non-hydrogen) atoms. The van der Waals surface area contributed by atoms with Gasteiger partial charge in [0, 0.05) is 22.0 Å². The Morgan fingerprint density at radius 1 is 1.50 bits per heavy atom. The Morgan fingerprint density at radius 3 is 2.93 bits per heavy atom. The Hall–Kier alpha value is -1.42. The third-order valence-electron chi connectivity index (χ3n) is 2.12. The number of hydrogen-bond acceptors (Lipinski definition) is 2. The number of rotatable bonds is 2. The number of carboxylic acids is 1. The maximum Gasteiger partial charge on any atom is 0.337 e. The summed E-state index contributed by atoms with van der Waals surface area (Å²) < 4.78 is 0. The van der Waals surface area contributed by atoms with Crippen LogP contribution in [0.5, 0.6) is 0 Å². The van der Waals surface area contributed by atoms with E-state index >= 15 is 0 Å². The molecule has 4 heteroatoms. The number of carboxylic acid groups (broad SMARTS) is 1. The first-order chi connectivity index (χ1) is 6.74. The molecule has 2 N–H and O–H groups in total. The lowest BCUT2D eigenvalue weighted by atomic mass is 10.2. The minimum Gasteiger partial charge on any atom is -0.478 e. The van der Waals surface area contributed by atoms with Crippen LogP contribution in [0.25, 0.3) is 10.9 Å². The van der Waals surface area contributed by atoms with Crippen molar-refractivity contribution in [2.45, 2.75) is 4.90 Å². The summed E-state index contributed by atoms with van der Waals surface area (Å²) in [5.74, 6) is -0.891. The van der Waals surface area contributed by atoms with Crippen LogP contribution in [0.1, 0.15) is 10.4 Å². The van der Waals surface area contributed by atoms with Gasteiger partial charge in [-0.1, -0.05) is 6.07 Å². The Bertz CT molecular complexity index is 490. The molecule has 0 fully saturated rings. The van der Waals surface area contributed by atoms with Gasteiger partial charge in [0.25, 0.3) is 0 Å². The first-order valence-electron chi connectivity index (χ1n) is 4.11. The fourth-order valence-corrected chi connectivity index (χ4v) is 2.13. The van der Waals surface area contributed by atoms with Crippen molar-refractivity contribution in [3.8, 4) is 0 Å². The third kappa shape index (κ3) is 1.28. The molecule has 0 aliphatic carbocycles. The normalized spacial score (nSPS) is 10.6. The number of fused-ring (bicyclic) bond motifs is 1. The van der Waals surface area contributed by atoms with Gasteiger partial charge in [-0.2, -0.15) is 0 Å². The molecule has 0 bridgehead atoms. The van der Waals surface area contributed by atoms with E-state index in [0.717, 1.165) is 15.8 Å². The van der Waals surface area contributed by atoms with Crippen LogP contribution in [-0.2, 0) is 0 Å². The van der Waals surface area contributed by atoms with E-state index in [2.05, 4.69) is 4.98 Å². The number of aromatic carboxylic acids is 1. The SMILES string of the molecule is CSc1cccc2[nH]cc(C(=O)O)c12. The van der Waals surface area contributed by atoms with Crippen LogP contribution < -0.4 is 0 Å². The molecule has 0 amide bonds. The van der Waals surface area contributed by atoms with Gasteiger partial charge in [-0.3, -0.25) is 0 Å². The predicted molar refractivity (Wildman–Crippen MR) is 57.0 cm³/mol. The van der Waals surface area contributed by atoms with Crippen molar-refractivity contribution in [2.75, 3.05) is 6.26 Å². The number of H-pyrrole nitrogens is 1. The van der Waals surface area contributed by atoms with Crippen LogP contribution in [0.4, 0.5) is 0 Å². The van der Waals surface area contributed by atoms with Crippen LogP contribution >= 0.6 is 11.8 Å². The first-order valence-corrected chi connectivity index (χ1v) is 5.34. The molecule has 2 rings (SSSR count). The summed E-state index contributed by atoms with van der Waals surface area (Å²) in [6.07, 6.45) is 3.47. The number of carbonyl (C=O) groups is 1.